The molecule has 0 aliphatic rings. The van der Waals surface area contributed by atoms with Gasteiger partial charge < -0.3 is 10.3 Å². The van der Waals surface area contributed by atoms with Crippen LogP contribution in [0.4, 0.5) is 5.82 Å². The van der Waals surface area contributed by atoms with Crippen LogP contribution in [-0.2, 0) is 13.0 Å². The Morgan fingerprint density at radius 3 is 2.65 bits per heavy atom. The van der Waals surface area contributed by atoms with Crippen LogP contribution in [0.25, 0.3) is 11.3 Å². The molecule has 0 aliphatic carbocycles. The van der Waals surface area contributed by atoms with E-state index in [0.29, 0.717) is 17.3 Å². The topological polar surface area (TPSA) is 67.6 Å². The Morgan fingerprint density at radius 1 is 1.35 bits per heavy atom. The third-order valence-corrected chi connectivity index (χ3v) is 3.25. The number of nitrogens with two attached hydrogens (primary N) is 1. The van der Waals surface area contributed by atoms with Crippen LogP contribution in [0, 0.1) is 17.2 Å². The van der Waals surface area contributed by atoms with E-state index in [1.807, 2.05) is 18.2 Å². The summed E-state index contributed by atoms with van der Waals surface area (Å²) >= 11 is 0. The molecule has 104 valence electrons. The first kappa shape index (κ1) is 14.1. The molecule has 2 rings (SSSR count). The molecular formula is C16H20N4. The SMILES string of the molecule is CCc1nc(-c2ccccc2C#N)c(N)n1CC(C)C. The molecule has 0 spiro atoms. The van der Waals surface area contributed by atoms with E-state index in [9.17, 15) is 5.26 Å². The normalized spacial score (nSPS) is 10.8. The number of nitrogens with zero attached hydrogens (tertiary/aromatic N) is 3. The van der Waals surface area contributed by atoms with Crippen LogP contribution in [0.3, 0.4) is 0 Å². The Labute approximate surface area is 119 Å². The quantitative estimate of drug-likeness (QED) is 0.925. The van der Waals surface area contributed by atoms with Gasteiger partial charge in [0.2, 0.25) is 0 Å². The molecule has 2 N–H and O–H groups in total. The molecule has 0 bridgehead atoms. The fourth-order valence-corrected chi connectivity index (χ4v) is 2.34. The van der Waals surface area contributed by atoms with Crippen molar-refractivity contribution in [3.8, 4) is 17.3 Å². The molecule has 0 saturated heterocycles. The molecule has 0 aliphatic heterocycles. The van der Waals surface area contributed by atoms with E-state index in [4.69, 9.17) is 5.73 Å². The van der Waals surface area contributed by atoms with Crippen LogP contribution in [0.2, 0.25) is 0 Å². The van der Waals surface area contributed by atoms with Crippen molar-refractivity contribution in [2.24, 2.45) is 5.92 Å². The second-order valence-corrected chi connectivity index (χ2v) is 5.28. The standard InChI is InChI=1S/C16H20N4/c1-4-14-19-15(16(18)20(14)10-11(2)3)13-8-6-5-7-12(13)9-17/h5-8,11H,4,10,18H2,1-3H3. The zero-order valence-corrected chi connectivity index (χ0v) is 12.2. The molecular weight excluding hydrogens is 248 g/mol. The number of hydrogen-bond acceptors (Lipinski definition) is 3. The van der Waals surface area contributed by atoms with Gasteiger partial charge in [-0.25, -0.2) is 4.98 Å². The van der Waals surface area contributed by atoms with E-state index < -0.39 is 0 Å². The number of nitriles is 1. The number of aryl methyl sites for hydroxylation is 1. The lowest BCUT2D eigenvalue weighted by molar-refractivity contribution is 0.513. The first-order valence-corrected chi connectivity index (χ1v) is 6.92. The first-order chi connectivity index (χ1) is 9.58. The van der Waals surface area contributed by atoms with Crippen LogP contribution < -0.4 is 5.73 Å². The van der Waals surface area contributed by atoms with Gasteiger partial charge in [0.1, 0.15) is 17.3 Å². The molecule has 1 aromatic carbocycles. The third kappa shape index (κ3) is 2.53. The zero-order valence-electron chi connectivity index (χ0n) is 12.2. The maximum absolute atomic E-state index is 9.22. The zero-order chi connectivity index (χ0) is 14.7. The molecule has 0 fully saturated rings. The fraction of sp³-hybridized carbons (Fsp3) is 0.375. The number of hydrogen-bond donors (Lipinski definition) is 1. The van der Waals surface area contributed by atoms with Gasteiger partial charge in [-0.15, -0.1) is 0 Å². The number of benzene rings is 1. The number of aromatic nitrogens is 2. The minimum absolute atomic E-state index is 0.496. The van der Waals surface area contributed by atoms with Crippen molar-refractivity contribution in [1.29, 1.82) is 5.26 Å². The van der Waals surface area contributed by atoms with Crippen LogP contribution in [0.15, 0.2) is 24.3 Å². The third-order valence-electron chi connectivity index (χ3n) is 3.25. The van der Waals surface area contributed by atoms with Gasteiger partial charge >= 0.3 is 0 Å². The highest BCUT2D eigenvalue weighted by atomic mass is 15.1. The van der Waals surface area contributed by atoms with E-state index >= 15 is 0 Å². The maximum atomic E-state index is 9.22. The van der Waals surface area contributed by atoms with E-state index in [2.05, 4.69) is 36.4 Å². The number of rotatable bonds is 4. The van der Waals surface area contributed by atoms with Crippen molar-refractivity contribution in [2.45, 2.75) is 33.7 Å². The summed E-state index contributed by atoms with van der Waals surface area (Å²) in [5, 5.41) is 9.22. The number of imidazole rings is 1. The highest BCUT2D eigenvalue weighted by Gasteiger charge is 2.17. The van der Waals surface area contributed by atoms with Gasteiger partial charge in [-0.3, -0.25) is 0 Å². The predicted molar refractivity (Wildman–Crippen MR) is 81.0 cm³/mol. The lowest BCUT2D eigenvalue weighted by Gasteiger charge is -2.11. The molecule has 2 aromatic rings. The average Bonchev–Trinajstić information content (AvgIpc) is 2.75. The monoisotopic (exact) mass is 268 g/mol. The Bertz CT molecular complexity index is 647. The summed E-state index contributed by atoms with van der Waals surface area (Å²) in [7, 11) is 0. The summed E-state index contributed by atoms with van der Waals surface area (Å²) in [6.07, 6.45) is 0.825. The molecule has 0 saturated carbocycles. The van der Waals surface area contributed by atoms with Gasteiger partial charge in [0.15, 0.2) is 0 Å². The van der Waals surface area contributed by atoms with Crippen molar-refractivity contribution in [3.63, 3.8) is 0 Å². The molecule has 0 radical (unpaired) electrons. The molecule has 4 heteroatoms. The second kappa shape index (κ2) is 5.79. The average molecular weight is 268 g/mol. The molecule has 1 heterocycles. The van der Waals surface area contributed by atoms with Crippen LogP contribution >= 0.6 is 0 Å². The van der Waals surface area contributed by atoms with Gasteiger partial charge in [-0.05, 0) is 12.0 Å². The Balaban J connectivity index is 2.59. The van der Waals surface area contributed by atoms with Crippen LogP contribution in [0.5, 0.6) is 0 Å². The second-order valence-electron chi connectivity index (χ2n) is 5.28. The van der Waals surface area contributed by atoms with Crippen molar-refractivity contribution in [1.82, 2.24) is 9.55 Å². The molecule has 4 nitrogen and oxygen atoms in total. The highest BCUT2D eigenvalue weighted by Crippen LogP contribution is 2.29. The van der Waals surface area contributed by atoms with E-state index in [1.165, 1.54) is 0 Å². The summed E-state index contributed by atoms with van der Waals surface area (Å²) in [4.78, 5) is 4.65. The Kier molecular flexibility index (Phi) is 4.09. The van der Waals surface area contributed by atoms with E-state index in [1.54, 1.807) is 6.07 Å². The molecule has 0 amide bonds. The minimum Gasteiger partial charge on any atom is -0.383 e. The van der Waals surface area contributed by atoms with Crippen LogP contribution in [-0.4, -0.2) is 9.55 Å². The number of anilines is 1. The minimum atomic E-state index is 0.496. The number of nitrogen functional groups attached to an aromatic ring is 1. The van der Waals surface area contributed by atoms with Gasteiger partial charge in [0, 0.05) is 18.5 Å². The summed E-state index contributed by atoms with van der Waals surface area (Å²) in [5.41, 5.74) is 8.41. The Hall–Kier alpha value is -2.28. The fourth-order valence-electron chi connectivity index (χ4n) is 2.34. The van der Waals surface area contributed by atoms with E-state index in [0.717, 1.165) is 30.0 Å². The maximum Gasteiger partial charge on any atom is 0.131 e. The molecule has 0 atom stereocenters. The van der Waals surface area contributed by atoms with Gasteiger partial charge in [-0.2, -0.15) is 5.26 Å². The van der Waals surface area contributed by atoms with Gasteiger partial charge in [0.05, 0.1) is 11.6 Å². The predicted octanol–water partition coefficient (Wildman–Crippen LogP) is 3.22. The Morgan fingerprint density at radius 2 is 2.05 bits per heavy atom. The summed E-state index contributed by atoms with van der Waals surface area (Å²) in [6, 6.07) is 9.65. The largest absolute Gasteiger partial charge is 0.383 e. The summed E-state index contributed by atoms with van der Waals surface area (Å²) in [6.45, 7) is 7.22. The summed E-state index contributed by atoms with van der Waals surface area (Å²) in [5.74, 6) is 2.12. The molecule has 1 aromatic heterocycles. The lowest BCUT2D eigenvalue weighted by Crippen LogP contribution is -2.11. The lowest BCUT2D eigenvalue weighted by atomic mass is 10.1. The van der Waals surface area contributed by atoms with E-state index in [-0.39, 0.29) is 0 Å². The van der Waals surface area contributed by atoms with Crippen LogP contribution in [0.1, 0.15) is 32.2 Å². The van der Waals surface area contributed by atoms with Crippen molar-refractivity contribution >= 4 is 5.82 Å². The molecule has 0 unspecified atom stereocenters. The van der Waals surface area contributed by atoms with Crippen molar-refractivity contribution in [3.05, 3.63) is 35.7 Å². The van der Waals surface area contributed by atoms with Gasteiger partial charge in [0.25, 0.3) is 0 Å². The highest BCUT2D eigenvalue weighted by molar-refractivity contribution is 5.76. The van der Waals surface area contributed by atoms with Gasteiger partial charge in [-0.1, -0.05) is 39.0 Å². The van der Waals surface area contributed by atoms with Crippen molar-refractivity contribution < 1.29 is 0 Å². The smallest absolute Gasteiger partial charge is 0.131 e. The summed E-state index contributed by atoms with van der Waals surface area (Å²) < 4.78 is 2.06. The molecule has 20 heavy (non-hydrogen) atoms. The first-order valence-electron chi connectivity index (χ1n) is 6.92. The van der Waals surface area contributed by atoms with Crippen molar-refractivity contribution in [2.75, 3.05) is 5.73 Å².